The lowest BCUT2D eigenvalue weighted by Gasteiger charge is -2.41. The topological polar surface area (TPSA) is 103 Å². The molecule has 2 unspecified atom stereocenters. The third kappa shape index (κ3) is 42.3. The molecule has 2 atom stereocenters. The van der Waals surface area contributed by atoms with Crippen LogP contribution in [-0.4, -0.2) is 56.0 Å². The third-order valence-corrected chi connectivity index (χ3v) is 13.6. The minimum absolute atomic E-state index is 0.00395. The highest BCUT2D eigenvalue weighted by atomic mass is 16.6. The number of hydrogen-bond donors (Lipinski definition) is 2. The molecule has 0 spiro atoms. The zero-order valence-electron chi connectivity index (χ0n) is 45.9. The maximum Gasteiger partial charge on any atom is 0.407 e. The maximum absolute atomic E-state index is 13.1. The lowest BCUT2D eigenvalue weighted by molar-refractivity contribution is -0.145. The molecule has 2 amide bonds. The molecule has 66 heavy (non-hydrogen) atoms. The lowest BCUT2D eigenvalue weighted by Crippen LogP contribution is -2.44. The minimum atomic E-state index is -0.598. The van der Waals surface area contributed by atoms with Crippen LogP contribution in [0.2, 0.25) is 0 Å². The van der Waals surface area contributed by atoms with E-state index in [9.17, 15) is 14.4 Å². The van der Waals surface area contributed by atoms with Crippen LogP contribution in [-0.2, 0) is 23.8 Å². The fraction of sp³-hybridized carbons (Fsp3) is 0.948. The van der Waals surface area contributed by atoms with Crippen molar-refractivity contribution in [1.29, 1.82) is 0 Å². The summed E-state index contributed by atoms with van der Waals surface area (Å²) < 4.78 is 17.8. The molecule has 0 aliphatic rings. The quantitative estimate of drug-likeness (QED) is 0.0465. The lowest BCUT2D eigenvalue weighted by atomic mass is 9.69. The largest absolute Gasteiger partial charge is 0.463 e. The Morgan fingerprint density at radius 1 is 0.485 bits per heavy atom. The van der Waals surface area contributed by atoms with E-state index < -0.39 is 12.1 Å². The van der Waals surface area contributed by atoms with Crippen LogP contribution < -0.4 is 10.6 Å². The van der Waals surface area contributed by atoms with E-state index >= 15 is 0 Å². The molecule has 0 bridgehead atoms. The SMILES string of the molecule is CCCCCCCCCCCCCCCCCC(=O)NC(COC(=O)CCCCCCCCCCCCCCCCC)COC(=O)NCC(C)(C)CC(C)(C)CC(C)(CC)OCCC(C)C. The molecule has 0 aromatic rings. The van der Waals surface area contributed by atoms with Crippen LogP contribution in [0, 0.1) is 16.7 Å². The van der Waals surface area contributed by atoms with Gasteiger partial charge in [0.25, 0.3) is 0 Å². The van der Waals surface area contributed by atoms with E-state index in [1.54, 1.807) is 0 Å². The second-order valence-electron chi connectivity index (χ2n) is 22.8. The van der Waals surface area contributed by atoms with Crippen molar-refractivity contribution in [3.63, 3.8) is 0 Å². The first-order chi connectivity index (χ1) is 31.6. The van der Waals surface area contributed by atoms with Gasteiger partial charge in [-0.2, -0.15) is 0 Å². The first-order valence-electron chi connectivity index (χ1n) is 28.6. The molecule has 8 heteroatoms. The predicted octanol–water partition coefficient (Wildman–Crippen LogP) is 17.3. The number of alkyl carbamates (subject to hydrolysis) is 1. The highest BCUT2D eigenvalue weighted by molar-refractivity contribution is 5.76. The van der Waals surface area contributed by atoms with Crippen LogP contribution in [0.5, 0.6) is 0 Å². The highest BCUT2D eigenvalue weighted by Crippen LogP contribution is 2.41. The number of hydrogen-bond acceptors (Lipinski definition) is 6. The van der Waals surface area contributed by atoms with Crippen LogP contribution in [0.15, 0.2) is 0 Å². The molecule has 0 saturated carbocycles. The van der Waals surface area contributed by atoms with Gasteiger partial charge in [0.15, 0.2) is 0 Å². The number of ether oxygens (including phenoxy) is 3. The van der Waals surface area contributed by atoms with Crippen molar-refractivity contribution in [1.82, 2.24) is 10.6 Å². The molecule has 8 nitrogen and oxygen atoms in total. The summed E-state index contributed by atoms with van der Waals surface area (Å²) in [7, 11) is 0. The van der Waals surface area contributed by atoms with Gasteiger partial charge in [0.2, 0.25) is 5.91 Å². The van der Waals surface area contributed by atoms with E-state index in [-0.39, 0.29) is 41.5 Å². The molecule has 2 N–H and O–H groups in total. The van der Waals surface area contributed by atoms with Gasteiger partial charge in [-0.05, 0) is 62.2 Å². The Balaban J connectivity index is 4.81. The Morgan fingerprint density at radius 2 is 0.879 bits per heavy atom. The molecular formula is C58H114N2O6. The van der Waals surface area contributed by atoms with Gasteiger partial charge in [0, 0.05) is 26.0 Å². The van der Waals surface area contributed by atoms with Crippen molar-refractivity contribution in [2.24, 2.45) is 16.7 Å². The Bertz CT molecular complexity index is 1140. The first-order valence-corrected chi connectivity index (χ1v) is 28.6. The van der Waals surface area contributed by atoms with E-state index in [1.807, 2.05) is 0 Å². The Hall–Kier alpha value is -1.83. The summed E-state index contributed by atoms with van der Waals surface area (Å²) >= 11 is 0. The van der Waals surface area contributed by atoms with E-state index in [0.29, 0.717) is 25.3 Å². The van der Waals surface area contributed by atoms with Crippen molar-refractivity contribution >= 4 is 18.0 Å². The summed E-state index contributed by atoms with van der Waals surface area (Å²) in [6.07, 6.45) is 42.4. The average molecular weight is 936 g/mol. The summed E-state index contributed by atoms with van der Waals surface area (Å²) in [5.41, 5.74) is -0.379. The normalized spacial score (nSPS) is 13.4. The number of carbonyl (C=O) groups excluding carboxylic acids is 3. The predicted molar refractivity (Wildman–Crippen MR) is 282 cm³/mol. The third-order valence-electron chi connectivity index (χ3n) is 13.6. The summed E-state index contributed by atoms with van der Waals surface area (Å²) in [5.74, 6) is 0.264. The molecule has 0 rings (SSSR count). The molecule has 0 saturated heterocycles. The number of amides is 2. The number of rotatable bonds is 48. The van der Waals surface area contributed by atoms with Gasteiger partial charge < -0.3 is 24.8 Å². The van der Waals surface area contributed by atoms with Crippen molar-refractivity contribution in [2.75, 3.05) is 26.4 Å². The zero-order valence-corrected chi connectivity index (χ0v) is 45.9. The van der Waals surface area contributed by atoms with Crippen LogP contribution in [0.4, 0.5) is 4.79 Å². The van der Waals surface area contributed by atoms with Crippen molar-refractivity contribution < 1.29 is 28.6 Å². The fourth-order valence-corrected chi connectivity index (χ4v) is 9.79. The highest BCUT2D eigenvalue weighted by Gasteiger charge is 2.36. The van der Waals surface area contributed by atoms with Gasteiger partial charge >= 0.3 is 12.1 Å². The van der Waals surface area contributed by atoms with E-state index in [1.165, 1.54) is 154 Å². The van der Waals surface area contributed by atoms with Crippen LogP contribution in [0.25, 0.3) is 0 Å². The zero-order chi connectivity index (χ0) is 49.2. The molecule has 392 valence electrons. The van der Waals surface area contributed by atoms with Gasteiger partial charge in [-0.3, -0.25) is 9.59 Å². The van der Waals surface area contributed by atoms with Crippen molar-refractivity contribution in [3.8, 4) is 0 Å². The first kappa shape index (κ1) is 64.2. The molecule has 0 aromatic heterocycles. The maximum atomic E-state index is 13.1. The average Bonchev–Trinajstić information content (AvgIpc) is 3.25. The monoisotopic (exact) mass is 935 g/mol. The van der Waals surface area contributed by atoms with Gasteiger partial charge in [0.05, 0.1) is 11.6 Å². The summed E-state index contributed by atoms with van der Waals surface area (Å²) in [5, 5.41) is 6.00. The van der Waals surface area contributed by atoms with Gasteiger partial charge in [0.1, 0.15) is 13.2 Å². The molecule has 0 heterocycles. The summed E-state index contributed by atoms with van der Waals surface area (Å²) in [6.45, 7) is 23.5. The molecule has 0 aliphatic carbocycles. The van der Waals surface area contributed by atoms with Crippen LogP contribution >= 0.6 is 0 Å². The van der Waals surface area contributed by atoms with Gasteiger partial charge in [-0.25, -0.2) is 4.79 Å². The summed E-state index contributed by atoms with van der Waals surface area (Å²) in [6, 6.07) is -0.598. The number of unbranched alkanes of at least 4 members (excludes halogenated alkanes) is 28. The Labute approximate surface area is 410 Å². The molecule has 0 fully saturated rings. The number of carbonyl (C=O) groups is 3. The van der Waals surface area contributed by atoms with Crippen molar-refractivity contribution in [3.05, 3.63) is 0 Å². The van der Waals surface area contributed by atoms with Gasteiger partial charge in [-0.1, -0.05) is 242 Å². The van der Waals surface area contributed by atoms with Crippen LogP contribution in [0.1, 0.15) is 300 Å². The second-order valence-corrected chi connectivity index (χ2v) is 22.8. The number of esters is 1. The smallest absolute Gasteiger partial charge is 0.407 e. The van der Waals surface area contributed by atoms with E-state index in [2.05, 4.69) is 79.9 Å². The standard InChI is InChI=1S/C58H114N2O6/c1-11-14-16-18-20-22-24-26-28-30-32-34-36-38-40-42-53(61)60-52(46-64-54(62)43-41-39-37-35-33-31-29-27-25-23-21-19-17-15-12-2)47-65-55(63)59-50-57(8,9)48-56(6,7)49-58(10,13-3)66-45-44-51(4)5/h51-52H,11-50H2,1-10H3,(H,59,63)(H,60,61). The van der Waals surface area contributed by atoms with E-state index in [0.717, 1.165) is 70.8 Å². The van der Waals surface area contributed by atoms with Crippen molar-refractivity contribution in [2.45, 2.75) is 312 Å². The summed E-state index contributed by atoms with van der Waals surface area (Å²) in [4.78, 5) is 38.9. The minimum Gasteiger partial charge on any atom is -0.463 e. The Morgan fingerprint density at radius 3 is 1.29 bits per heavy atom. The fourth-order valence-electron chi connectivity index (χ4n) is 9.79. The van der Waals surface area contributed by atoms with Gasteiger partial charge in [-0.15, -0.1) is 0 Å². The number of nitrogens with one attached hydrogen (secondary N) is 2. The molecule has 0 aliphatic heterocycles. The van der Waals surface area contributed by atoms with Crippen LogP contribution in [0.3, 0.4) is 0 Å². The molecule has 0 radical (unpaired) electrons. The molecule has 0 aromatic carbocycles. The second kappa shape index (κ2) is 42.1. The van der Waals surface area contributed by atoms with E-state index in [4.69, 9.17) is 14.2 Å². The Kier molecular flexibility index (Phi) is 40.9. The molecular weight excluding hydrogens is 821 g/mol.